The minimum absolute atomic E-state index is 0.0420. The number of pyridine rings is 1. The molecule has 50 heavy (non-hydrogen) atoms. The van der Waals surface area contributed by atoms with Gasteiger partial charge < -0.3 is 14.5 Å². The molecule has 0 radical (unpaired) electrons. The van der Waals surface area contributed by atoms with Gasteiger partial charge in [0, 0.05) is 67.7 Å². The summed E-state index contributed by atoms with van der Waals surface area (Å²) in [5.41, 5.74) is 6.73. The minimum Gasteiger partial charge on any atom is -0.475 e. The van der Waals surface area contributed by atoms with Crippen molar-refractivity contribution >= 4 is 34.0 Å². The molecule has 0 bridgehead atoms. The Morgan fingerprint density at radius 2 is 1.82 bits per heavy atom. The number of nitrogens with one attached hydrogen (secondary N) is 1. The molecule has 5 heterocycles. The highest BCUT2D eigenvalue weighted by Gasteiger charge is 2.33. The quantitative estimate of drug-likeness (QED) is 0.215. The third-order valence-corrected chi connectivity index (χ3v) is 9.46. The van der Waals surface area contributed by atoms with E-state index in [0.29, 0.717) is 44.4 Å². The molecule has 3 aromatic heterocycles. The Balaban J connectivity index is 0.953. The highest BCUT2D eigenvalue weighted by atomic mass is 16.5. The largest absolute Gasteiger partial charge is 0.475 e. The van der Waals surface area contributed by atoms with Crippen molar-refractivity contribution in [1.82, 2.24) is 39.7 Å². The SMILES string of the molecule is CCN(C(=O)[C@@H]1CCN(CC(=O)N2CC=C(c3ccc(-c4ncn(C)n4)cc3)CC2)C1)c1ccc2[nH]nc(-c3ccc(OC(C)C)nc3)c2c1. The van der Waals surface area contributed by atoms with E-state index in [-0.39, 0.29) is 23.8 Å². The van der Waals surface area contributed by atoms with Crippen molar-refractivity contribution in [2.75, 3.05) is 44.2 Å². The fourth-order valence-electron chi connectivity index (χ4n) is 6.84. The Bertz CT molecular complexity index is 2010. The molecule has 1 fully saturated rings. The van der Waals surface area contributed by atoms with Gasteiger partial charge in [-0.05, 0) is 75.6 Å². The number of nitrogens with zero attached hydrogens (tertiary/aromatic N) is 8. The van der Waals surface area contributed by atoms with Crippen LogP contribution in [0.25, 0.3) is 39.1 Å². The van der Waals surface area contributed by atoms with Crippen LogP contribution in [0.2, 0.25) is 0 Å². The van der Waals surface area contributed by atoms with Gasteiger partial charge in [-0.1, -0.05) is 30.3 Å². The number of hydrogen-bond acceptors (Lipinski definition) is 8. The molecule has 0 aliphatic carbocycles. The molecule has 7 rings (SSSR count). The van der Waals surface area contributed by atoms with E-state index in [4.69, 9.17) is 4.74 Å². The van der Waals surface area contributed by atoms with Crippen LogP contribution in [0.5, 0.6) is 5.88 Å². The standard InChI is InChI=1S/C38H43N9O3/c1-5-47(31-11-12-33-32(20-31)36(42-41-33)29-10-13-34(39-21-29)50-25(2)3)38(49)30-14-17-45(22-30)23-35(48)46-18-15-27(16-19-46)26-6-8-28(9-7-26)37-40-24-44(4)43-37/h6-13,15,20-21,24-25,30H,5,14,16-19,22-23H2,1-4H3,(H,41,42)/t30-/m1/s1. The van der Waals surface area contributed by atoms with Crippen LogP contribution in [-0.2, 0) is 16.6 Å². The first-order chi connectivity index (χ1) is 24.2. The zero-order valence-corrected chi connectivity index (χ0v) is 29.0. The number of carbonyl (C=O) groups excluding carboxylic acids is 2. The molecular formula is C38H43N9O3. The van der Waals surface area contributed by atoms with Gasteiger partial charge >= 0.3 is 0 Å². The summed E-state index contributed by atoms with van der Waals surface area (Å²) >= 11 is 0. The van der Waals surface area contributed by atoms with Crippen molar-refractivity contribution in [2.24, 2.45) is 13.0 Å². The number of ether oxygens (including phenoxy) is 1. The monoisotopic (exact) mass is 673 g/mol. The molecule has 1 saturated heterocycles. The summed E-state index contributed by atoms with van der Waals surface area (Å²) in [6, 6.07) is 18.0. The van der Waals surface area contributed by atoms with E-state index in [1.807, 2.05) is 80.1 Å². The number of aromatic amines is 1. The number of hydrogen-bond donors (Lipinski definition) is 1. The maximum atomic E-state index is 13.9. The second-order valence-electron chi connectivity index (χ2n) is 13.3. The van der Waals surface area contributed by atoms with Gasteiger partial charge in [0.25, 0.3) is 0 Å². The molecule has 2 amide bonds. The third kappa shape index (κ3) is 7.02. The van der Waals surface area contributed by atoms with E-state index >= 15 is 0 Å². The molecule has 2 aliphatic rings. The van der Waals surface area contributed by atoms with E-state index in [1.165, 1.54) is 5.57 Å². The number of likely N-dealkylation sites (tertiary alicyclic amines) is 1. The number of H-pyrrole nitrogens is 1. The van der Waals surface area contributed by atoms with Crippen molar-refractivity contribution in [3.63, 3.8) is 0 Å². The second-order valence-corrected chi connectivity index (χ2v) is 13.3. The zero-order valence-electron chi connectivity index (χ0n) is 29.0. The molecule has 0 saturated carbocycles. The Labute approximate surface area is 291 Å². The van der Waals surface area contributed by atoms with E-state index < -0.39 is 0 Å². The maximum Gasteiger partial charge on any atom is 0.237 e. The average Bonchev–Trinajstić information content (AvgIpc) is 3.89. The van der Waals surface area contributed by atoms with Crippen molar-refractivity contribution in [3.05, 3.63) is 78.8 Å². The van der Waals surface area contributed by atoms with Crippen molar-refractivity contribution in [3.8, 4) is 28.5 Å². The van der Waals surface area contributed by atoms with E-state index in [2.05, 4.69) is 48.4 Å². The number of carbonyl (C=O) groups is 2. The van der Waals surface area contributed by atoms with Crippen LogP contribution >= 0.6 is 0 Å². The molecule has 12 nitrogen and oxygen atoms in total. The van der Waals surface area contributed by atoms with E-state index in [0.717, 1.165) is 58.4 Å². The third-order valence-electron chi connectivity index (χ3n) is 9.46. The molecule has 1 atom stereocenters. The molecule has 2 aromatic carbocycles. The number of rotatable bonds is 10. The van der Waals surface area contributed by atoms with Gasteiger partial charge in [-0.15, -0.1) is 0 Å². The van der Waals surface area contributed by atoms with E-state index in [9.17, 15) is 9.59 Å². The van der Waals surface area contributed by atoms with Gasteiger partial charge in [-0.25, -0.2) is 9.97 Å². The maximum absolute atomic E-state index is 13.9. The van der Waals surface area contributed by atoms with E-state index in [1.54, 1.807) is 17.2 Å². The number of amides is 2. The molecule has 2 aliphatic heterocycles. The van der Waals surface area contributed by atoms with Crippen LogP contribution in [0, 0.1) is 5.92 Å². The van der Waals surface area contributed by atoms with Crippen LogP contribution in [0.3, 0.4) is 0 Å². The summed E-state index contributed by atoms with van der Waals surface area (Å²) in [4.78, 5) is 41.9. The molecular weight excluding hydrogens is 630 g/mol. The molecule has 258 valence electrons. The van der Waals surface area contributed by atoms with Gasteiger partial charge in [0.2, 0.25) is 17.7 Å². The van der Waals surface area contributed by atoms with Crippen LogP contribution in [0.15, 0.2) is 73.2 Å². The predicted molar refractivity (Wildman–Crippen MR) is 193 cm³/mol. The summed E-state index contributed by atoms with van der Waals surface area (Å²) in [7, 11) is 1.86. The van der Waals surface area contributed by atoms with Crippen LogP contribution < -0.4 is 9.64 Å². The summed E-state index contributed by atoms with van der Waals surface area (Å²) in [6.45, 7) is 9.36. The lowest BCUT2D eigenvalue weighted by molar-refractivity contribution is -0.132. The first-order valence-corrected chi connectivity index (χ1v) is 17.3. The smallest absolute Gasteiger partial charge is 0.237 e. The van der Waals surface area contributed by atoms with Gasteiger partial charge in [0.05, 0.1) is 24.1 Å². The summed E-state index contributed by atoms with van der Waals surface area (Å²) < 4.78 is 7.39. The highest BCUT2D eigenvalue weighted by molar-refractivity contribution is 6.00. The van der Waals surface area contributed by atoms with Gasteiger partial charge in [-0.2, -0.15) is 10.2 Å². The number of aryl methyl sites for hydroxylation is 1. The van der Waals surface area contributed by atoms with Crippen LogP contribution in [0.4, 0.5) is 5.69 Å². The predicted octanol–water partition coefficient (Wildman–Crippen LogP) is 5.20. The van der Waals surface area contributed by atoms with Crippen LogP contribution in [-0.4, -0.2) is 96.9 Å². The topological polar surface area (TPSA) is 125 Å². The number of anilines is 1. The Kier molecular flexibility index (Phi) is 9.44. The number of benzene rings is 2. The van der Waals surface area contributed by atoms with Crippen LogP contribution in [0.1, 0.15) is 39.2 Å². The first kappa shape index (κ1) is 33.2. The molecule has 1 N–H and O–H groups in total. The summed E-state index contributed by atoms with van der Waals surface area (Å²) in [5.74, 6) is 1.29. The number of fused-ring (bicyclic) bond motifs is 1. The summed E-state index contributed by atoms with van der Waals surface area (Å²) in [6.07, 6.45) is 7.18. The Morgan fingerprint density at radius 3 is 2.50 bits per heavy atom. The first-order valence-electron chi connectivity index (χ1n) is 17.3. The average molecular weight is 674 g/mol. The minimum atomic E-state index is -0.169. The molecule has 0 spiro atoms. The molecule has 0 unspecified atom stereocenters. The van der Waals surface area contributed by atoms with Gasteiger partial charge in [0.1, 0.15) is 12.0 Å². The fourth-order valence-corrected chi connectivity index (χ4v) is 6.84. The Hall–Kier alpha value is -5.36. The molecule has 12 heteroatoms. The second kappa shape index (κ2) is 14.2. The fraction of sp³-hybridized carbons (Fsp3) is 0.368. The number of aromatic nitrogens is 6. The Morgan fingerprint density at radius 1 is 1.02 bits per heavy atom. The van der Waals surface area contributed by atoms with Crippen molar-refractivity contribution < 1.29 is 14.3 Å². The highest BCUT2D eigenvalue weighted by Crippen LogP contribution is 2.32. The summed E-state index contributed by atoms with van der Waals surface area (Å²) in [5, 5.41) is 13.0. The lowest BCUT2D eigenvalue weighted by atomic mass is 9.98. The normalized spacial score (nSPS) is 16.6. The van der Waals surface area contributed by atoms with Crippen molar-refractivity contribution in [2.45, 2.75) is 39.7 Å². The lowest BCUT2D eigenvalue weighted by Crippen LogP contribution is -2.42. The lowest BCUT2D eigenvalue weighted by Gasteiger charge is -2.29. The van der Waals surface area contributed by atoms with Gasteiger partial charge in [0.15, 0.2) is 5.82 Å². The van der Waals surface area contributed by atoms with Crippen molar-refractivity contribution in [1.29, 1.82) is 0 Å². The molecule has 5 aromatic rings. The zero-order chi connectivity index (χ0) is 34.8. The van der Waals surface area contributed by atoms with Gasteiger partial charge in [-0.3, -0.25) is 24.3 Å².